The van der Waals surface area contributed by atoms with Crippen LogP contribution in [0.2, 0.25) is 5.02 Å². The van der Waals surface area contributed by atoms with Crippen molar-refractivity contribution in [2.24, 2.45) is 0 Å². The summed E-state index contributed by atoms with van der Waals surface area (Å²) in [5.41, 5.74) is 0.867. The van der Waals surface area contributed by atoms with Gasteiger partial charge in [-0.2, -0.15) is 4.98 Å². The number of nitrogens with one attached hydrogen (secondary N) is 2. The summed E-state index contributed by atoms with van der Waals surface area (Å²) in [5.74, 6) is 1.36. The molecule has 1 unspecified atom stereocenters. The Labute approximate surface area is 136 Å². The highest BCUT2D eigenvalue weighted by Crippen LogP contribution is 2.18. The summed E-state index contributed by atoms with van der Waals surface area (Å²) < 4.78 is 0. The molecule has 0 saturated carbocycles. The van der Waals surface area contributed by atoms with Gasteiger partial charge < -0.3 is 15.5 Å². The zero-order valence-corrected chi connectivity index (χ0v) is 13.9. The van der Waals surface area contributed by atoms with Crippen LogP contribution in [-0.4, -0.2) is 41.5 Å². The van der Waals surface area contributed by atoms with Crippen LogP contribution in [-0.2, 0) is 0 Å². The minimum absolute atomic E-state index is 0.526. The molecule has 1 heterocycles. The Kier molecular flexibility index (Phi) is 5.98. The molecular weight excluding hydrogens is 298 g/mol. The Hall–Kier alpha value is -1.85. The normalized spacial score (nSPS) is 12.2. The van der Waals surface area contributed by atoms with Gasteiger partial charge in [0.05, 0.1) is 0 Å². The number of hydrogen-bond acceptors (Lipinski definition) is 5. The average Bonchev–Trinajstić information content (AvgIpc) is 2.47. The van der Waals surface area contributed by atoms with Gasteiger partial charge in [0.15, 0.2) is 0 Å². The van der Waals surface area contributed by atoms with Crippen molar-refractivity contribution < 1.29 is 0 Å². The minimum atomic E-state index is 0.526. The lowest BCUT2D eigenvalue weighted by Gasteiger charge is -2.19. The summed E-state index contributed by atoms with van der Waals surface area (Å²) in [6, 6.07) is 9.87. The smallest absolute Gasteiger partial charge is 0.229 e. The highest BCUT2D eigenvalue weighted by Gasteiger charge is 2.05. The number of anilines is 3. The van der Waals surface area contributed by atoms with E-state index in [0.717, 1.165) is 24.5 Å². The lowest BCUT2D eigenvalue weighted by Crippen LogP contribution is -2.26. The second-order valence-electron chi connectivity index (χ2n) is 5.43. The molecule has 22 heavy (non-hydrogen) atoms. The van der Waals surface area contributed by atoms with E-state index in [1.54, 1.807) is 6.20 Å². The number of nitrogens with zero attached hydrogens (tertiary/aromatic N) is 3. The third-order valence-electron chi connectivity index (χ3n) is 3.49. The Morgan fingerprint density at radius 2 is 2.09 bits per heavy atom. The predicted octanol–water partition coefficient (Wildman–Crippen LogP) is 3.63. The molecule has 5 nitrogen and oxygen atoms in total. The Morgan fingerprint density at radius 1 is 1.27 bits per heavy atom. The van der Waals surface area contributed by atoms with Crippen LogP contribution in [0.15, 0.2) is 36.5 Å². The second kappa shape index (κ2) is 7.96. The number of rotatable bonds is 7. The molecule has 118 valence electrons. The fourth-order valence-corrected chi connectivity index (χ4v) is 2.07. The minimum Gasteiger partial charge on any atom is -0.370 e. The molecule has 2 N–H and O–H groups in total. The van der Waals surface area contributed by atoms with E-state index in [9.17, 15) is 0 Å². The van der Waals surface area contributed by atoms with E-state index in [0.29, 0.717) is 17.0 Å². The van der Waals surface area contributed by atoms with Gasteiger partial charge in [0, 0.05) is 29.5 Å². The third kappa shape index (κ3) is 5.16. The summed E-state index contributed by atoms with van der Waals surface area (Å²) in [4.78, 5) is 10.9. The third-order valence-corrected chi connectivity index (χ3v) is 3.72. The van der Waals surface area contributed by atoms with E-state index < -0.39 is 0 Å². The molecule has 0 spiro atoms. The number of benzene rings is 1. The summed E-state index contributed by atoms with van der Waals surface area (Å²) in [6.07, 6.45) is 2.78. The summed E-state index contributed by atoms with van der Waals surface area (Å²) in [5, 5.41) is 7.15. The van der Waals surface area contributed by atoms with Crippen LogP contribution in [0.4, 0.5) is 17.5 Å². The number of halogens is 1. The maximum absolute atomic E-state index is 5.97. The maximum atomic E-state index is 5.97. The average molecular weight is 320 g/mol. The van der Waals surface area contributed by atoms with E-state index >= 15 is 0 Å². The van der Waals surface area contributed by atoms with Crippen molar-refractivity contribution in [3.8, 4) is 0 Å². The van der Waals surface area contributed by atoms with Crippen LogP contribution in [0, 0.1) is 0 Å². The predicted molar refractivity (Wildman–Crippen MR) is 93.0 cm³/mol. The van der Waals surface area contributed by atoms with Gasteiger partial charge in [0.1, 0.15) is 5.82 Å². The molecule has 0 fully saturated rings. The van der Waals surface area contributed by atoms with Crippen molar-refractivity contribution in [2.45, 2.75) is 19.4 Å². The summed E-state index contributed by atoms with van der Waals surface area (Å²) in [6.45, 7) is 3.07. The van der Waals surface area contributed by atoms with Gasteiger partial charge >= 0.3 is 0 Å². The first-order chi connectivity index (χ1) is 10.5. The van der Waals surface area contributed by atoms with Gasteiger partial charge in [-0.3, -0.25) is 0 Å². The monoisotopic (exact) mass is 319 g/mol. The van der Waals surface area contributed by atoms with Gasteiger partial charge in [0.25, 0.3) is 0 Å². The molecule has 0 aliphatic rings. The van der Waals surface area contributed by atoms with Gasteiger partial charge in [0.2, 0.25) is 5.95 Å². The quantitative estimate of drug-likeness (QED) is 0.816. The molecule has 0 bridgehead atoms. The van der Waals surface area contributed by atoms with Gasteiger partial charge in [-0.1, -0.05) is 17.7 Å². The Morgan fingerprint density at radius 3 is 2.82 bits per heavy atom. The first-order valence-electron chi connectivity index (χ1n) is 7.30. The molecule has 2 aromatic rings. The zero-order chi connectivity index (χ0) is 15.9. The SMILES string of the molecule is CC(CCNc1ccnc(Nc2cccc(Cl)c2)n1)N(C)C. The fraction of sp³-hybridized carbons (Fsp3) is 0.375. The van der Waals surface area contributed by atoms with Crippen LogP contribution >= 0.6 is 11.6 Å². The largest absolute Gasteiger partial charge is 0.370 e. The molecule has 0 amide bonds. The molecule has 0 aliphatic carbocycles. The molecule has 1 atom stereocenters. The molecule has 2 rings (SSSR count). The van der Waals surface area contributed by atoms with Crippen molar-refractivity contribution in [2.75, 3.05) is 31.3 Å². The Balaban J connectivity index is 1.92. The fourth-order valence-electron chi connectivity index (χ4n) is 1.88. The summed E-state index contributed by atoms with van der Waals surface area (Å²) >= 11 is 5.97. The van der Waals surface area contributed by atoms with Crippen LogP contribution in [0.5, 0.6) is 0 Å². The van der Waals surface area contributed by atoms with E-state index in [1.807, 2.05) is 30.3 Å². The molecule has 1 aromatic heterocycles. The first-order valence-corrected chi connectivity index (χ1v) is 7.68. The van der Waals surface area contributed by atoms with Crippen LogP contribution in [0.1, 0.15) is 13.3 Å². The standard InChI is InChI=1S/C16H22ClN5/c1-12(22(2)3)7-9-18-15-8-10-19-16(21-15)20-14-6-4-5-13(17)11-14/h4-6,8,10-12H,7,9H2,1-3H3,(H2,18,19,20,21). The molecule has 0 radical (unpaired) electrons. The molecule has 6 heteroatoms. The molecule has 1 aromatic carbocycles. The van der Waals surface area contributed by atoms with Crippen molar-refractivity contribution >= 4 is 29.1 Å². The van der Waals surface area contributed by atoms with Crippen LogP contribution in [0.25, 0.3) is 0 Å². The zero-order valence-electron chi connectivity index (χ0n) is 13.2. The van der Waals surface area contributed by atoms with Crippen LogP contribution in [0.3, 0.4) is 0 Å². The van der Waals surface area contributed by atoms with E-state index in [-0.39, 0.29) is 0 Å². The van der Waals surface area contributed by atoms with E-state index in [1.165, 1.54) is 0 Å². The first kappa shape index (κ1) is 16.5. The van der Waals surface area contributed by atoms with Crippen molar-refractivity contribution in [3.63, 3.8) is 0 Å². The second-order valence-corrected chi connectivity index (χ2v) is 5.87. The van der Waals surface area contributed by atoms with E-state index in [2.05, 4.69) is 46.5 Å². The molecular formula is C16H22ClN5. The topological polar surface area (TPSA) is 53.1 Å². The van der Waals surface area contributed by atoms with Crippen LogP contribution < -0.4 is 10.6 Å². The highest BCUT2D eigenvalue weighted by atomic mass is 35.5. The number of aromatic nitrogens is 2. The summed E-state index contributed by atoms with van der Waals surface area (Å²) in [7, 11) is 4.17. The van der Waals surface area contributed by atoms with Crippen molar-refractivity contribution in [3.05, 3.63) is 41.6 Å². The highest BCUT2D eigenvalue weighted by molar-refractivity contribution is 6.30. The van der Waals surface area contributed by atoms with Gasteiger partial charge in [-0.25, -0.2) is 4.98 Å². The maximum Gasteiger partial charge on any atom is 0.229 e. The van der Waals surface area contributed by atoms with E-state index in [4.69, 9.17) is 11.6 Å². The lowest BCUT2D eigenvalue weighted by molar-refractivity contribution is 0.304. The Bertz CT molecular complexity index is 603. The lowest BCUT2D eigenvalue weighted by atomic mass is 10.2. The number of hydrogen-bond donors (Lipinski definition) is 2. The van der Waals surface area contributed by atoms with Crippen molar-refractivity contribution in [1.29, 1.82) is 0 Å². The molecule has 0 aliphatic heterocycles. The van der Waals surface area contributed by atoms with Crippen molar-refractivity contribution in [1.82, 2.24) is 14.9 Å². The molecule has 0 saturated heterocycles. The van der Waals surface area contributed by atoms with Gasteiger partial charge in [-0.15, -0.1) is 0 Å². The van der Waals surface area contributed by atoms with Gasteiger partial charge in [-0.05, 0) is 51.7 Å².